The van der Waals surface area contributed by atoms with E-state index in [0.29, 0.717) is 15.6 Å². The summed E-state index contributed by atoms with van der Waals surface area (Å²) in [4.78, 5) is 12.0. The van der Waals surface area contributed by atoms with Gasteiger partial charge in [0.05, 0.1) is 21.4 Å². The summed E-state index contributed by atoms with van der Waals surface area (Å²) in [5, 5.41) is 8.07. The Balaban J connectivity index is 1.78. The van der Waals surface area contributed by atoms with Crippen LogP contribution in [0.4, 0.5) is 0 Å². The Labute approximate surface area is 143 Å². The lowest BCUT2D eigenvalue weighted by Crippen LogP contribution is -1.92. The first kappa shape index (κ1) is 15.5. The van der Waals surface area contributed by atoms with E-state index in [4.69, 9.17) is 23.2 Å². The third-order valence-corrected chi connectivity index (χ3v) is 4.02. The number of carbonyl (C=O) groups excluding carboxylic acids is 1. The van der Waals surface area contributed by atoms with E-state index < -0.39 is 0 Å². The molecule has 5 heteroatoms. The number of nitrogens with zero attached hydrogens (tertiary/aromatic N) is 1. The van der Waals surface area contributed by atoms with E-state index in [1.807, 2.05) is 30.3 Å². The molecule has 3 nitrogen and oxygen atoms in total. The molecular formula is C18H12Cl2N2O. The highest BCUT2D eigenvalue weighted by atomic mass is 35.5. The van der Waals surface area contributed by atoms with Crippen molar-refractivity contribution < 1.29 is 4.79 Å². The predicted molar refractivity (Wildman–Crippen MR) is 93.9 cm³/mol. The van der Waals surface area contributed by atoms with Gasteiger partial charge in [0, 0.05) is 11.1 Å². The summed E-state index contributed by atoms with van der Waals surface area (Å²) < 4.78 is 0. The largest absolute Gasteiger partial charge is 0.289 e. The van der Waals surface area contributed by atoms with Crippen molar-refractivity contribution in [1.82, 2.24) is 10.2 Å². The number of allylic oxidation sites excluding steroid dienone is 1. The lowest BCUT2D eigenvalue weighted by Gasteiger charge is -1.98. The molecule has 114 valence electrons. The molecule has 3 aromatic rings. The van der Waals surface area contributed by atoms with Gasteiger partial charge in [0.25, 0.3) is 0 Å². The number of nitrogens with one attached hydrogen (secondary N) is 1. The molecule has 0 saturated heterocycles. The minimum Gasteiger partial charge on any atom is -0.289 e. The molecule has 1 aromatic heterocycles. The van der Waals surface area contributed by atoms with E-state index in [0.717, 1.165) is 17.0 Å². The minimum atomic E-state index is -0.0590. The summed E-state index contributed by atoms with van der Waals surface area (Å²) in [5.74, 6) is -0.0590. The Morgan fingerprint density at radius 1 is 1.00 bits per heavy atom. The van der Waals surface area contributed by atoms with Crippen molar-refractivity contribution in [3.63, 3.8) is 0 Å². The number of hydrogen-bond donors (Lipinski definition) is 1. The van der Waals surface area contributed by atoms with Gasteiger partial charge >= 0.3 is 0 Å². The van der Waals surface area contributed by atoms with Crippen LogP contribution in [0.5, 0.6) is 0 Å². The Morgan fingerprint density at radius 3 is 2.52 bits per heavy atom. The Bertz CT molecular complexity index is 870. The zero-order chi connectivity index (χ0) is 16.2. The van der Waals surface area contributed by atoms with E-state index in [-0.39, 0.29) is 5.78 Å². The molecule has 0 bridgehead atoms. The summed E-state index contributed by atoms with van der Waals surface area (Å²) in [6, 6.07) is 16.3. The maximum Gasteiger partial charge on any atom is 0.185 e. The first-order valence-corrected chi connectivity index (χ1v) is 7.67. The first-order chi connectivity index (χ1) is 11.1. The molecule has 0 spiro atoms. The maximum absolute atomic E-state index is 12.0. The van der Waals surface area contributed by atoms with Crippen LogP contribution in [0.25, 0.3) is 17.3 Å². The standard InChI is InChI=1S/C18H12Cl2N2O/c19-15-8-6-13(10-16(15)20)17-11-14(21-22-17)7-9-18(23)12-4-2-1-3-5-12/h1-11H,(H,21,22). The molecule has 0 aliphatic heterocycles. The molecule has 1 heterocycles. The number of ketones is 1. The van der Waals surface area contributed by atoms with Crippen LogP contribution in [0.3, 0.4) is 0 Å². The van der Waals surface area contributed by atoms with Crippen LogP contribution in [-0.4, -0.2) is 16.0 Å². The molecule has 0 unspecified atom stereocenters. The van der Waals surface area contributed by atoms with Gasteiger partial charge in [0.1, 0.15) is 0 Å². The maximum atomic E-state index is 12.0. The smallest absolute Gasteiger partial charge is 0.185 e. The minimum absolute atomic E-state index is 0.0590. The van der Waals surface area contributed by atoms with Crippen molar-refractivity contribution >= 4 is 35.1 Å². The van der Waals surface area contributed by atoms with E-state index >= 15 is 0 Å². The molecule has 0 aliphatic rings. The highest BCUT2D eigenvalue weighted by Crippen LogP contribution is 2.27. The Hall–Kier alpha value is -2.36. The zero-order valence-corrected chi connectivity index (χ0v) is 13.5. The van der Waals surface area contributed by atoms with Crippen molar-refractivity contribution in [2.75, 3.05) is 0 Å². The number of aromatic amines is 1. The normalized spacial score (nSPS) is 11.0. The summed E-state index contributed by atoms with van der Waals surface area (Å²) in [6.45, 7) is 0. The number of H-pyrrole nitrogens is 1. The number of benzene rings is 2. The molecule has 0 radical (unpaired) electrons. The number of halogens is 2. The fraction of sp³-hybridized carbons (Fsp3) is 0. The van der Waals surface area contributed by atoms with Crippen molar-refractivity contribution in [3.05, 3.63) is 82.0 Å². The molecule has 3 rings (SSSR count). The Morgan fingerprint density at radius 2 is 1.78 bits per heavy atom. The van der Waals surface area contributed by atoms with Crippen molar-refractivity contribution in [3.8, 4) is 11.3 Å². The van der Waals surface area contributed by atoms with Crippen molar-refractivity contribution in [1.29, 1.82) is 0 Å². The quantitative estimate of drug-likeness (QED) is 0.517. The lowest BCUT2D eigenvalue weighted by molar-refractivity contribution is 0.104. The van der Waals surface area contributed by atoms with Gasteiger partial charge in [-0.2, -0.15) is 5.10 Å². The molecular weight excluding hydrogens is 331 g/mol. The van der Waals surface area contributed by atoms with Gasteiger partial charge < -0.3 is 0 Å². The van der Waals surface area contributed by atoms with Crippen LogP contribution >= 0.6 is 23.2 Å². The van der Waals surface area contributed by atoms with Crippen LogP contribution in [0, 0.1) is 0 Å². The third-order valence-electron chi connectivity index (χ3n) is 3.29. The van der Waals surface area contributed by atoms with Gasteiger partial charge in [-0.1, -0.05) is 59.6 Å². The van der Waals surface area contributed by atoms with Crippen molar-refractivity contribution in [2.45, 2.75) is 0 Å². The van der Waals surface area contributed by atoms with Crippen LogP contribution in [0.1, 0.15) is 16.1 Å². The van der Waals surface area contributed by atoms with E-state index in [9.17, 15) is 4.79 Å². The topological polar surface area (TPSA) is 45.8 Å². The second kappa shape index (κ2) is 6.82. The first-order valence-electron chi connectivity index (χ1n) is 6.92. The van der Waals surface area contributed by atoms with Crippen LogP contribution in [-0.2, 0) is 0 Å². The van der Waals surface area contributed by atoms with Gasteiger partial charge in [0.2, 0.25) is 0 Å². The van der Waals surface area contributed by atoms with Crippen molar-refractivity contribution in [2.24, 2.45) is 0 Å². The molecule has 0 atom stereocenters. The molecule has 1 N–H and O–H groups in total. The fourth-order valence-corrected chi connectivity index (χ4v) is 2.39. The van der Waals surface area contributed by atoms with Crippen LogP contribution in [0.15, 0.2) is 60.7 Å². The summed E-state index contributed by atoms with van der Waals surface area (Å²) in [5.41, 5.74) is 2.96. The molecule has 2 aromatic carbocycles. The number of carbonyl (C=O) groups is 1. The van der Waals surface area contributed by atoms with E-state index in [2.05, 4.69) is 10.2 Å². The summed E-state index contributed by atoms with van der Waals surface area (Å²) in [7, 11) is 0. The summed E-state index contributed by atoms with van der Waals surface area (Å²) in [6.07, 6.45) is 3.21. The second-order valence-electron chi connectivity index (χ2n) is 4.90. The Kier molecular flexibility index (Phi) is 4.60. The monoisotopic (exact) mass is 342 g/mol. The average molecular weight is 343 g/mol. The molecule has 0 amide bonds. The van der Waals surface area contributed by atoms with Gasteiger partial charge in [-0.05, 0) is 30.4 Å². The van der Waals surface area contributed by atoms with Crippen LogP contribution < -0.4 is 0 Å². The summed E-state index contributed by atoms with van der Waals surface area (Å²) >= 11 is 11.9. The fourth-order valence-electron chi connectivity index (χ4n) is 2.09. The third kappa shape index (κ3) is 3.70. The van der Waals surface area contributed by atoms with Gasteiger partial charge in [-0.3, -0.25) is 9.89 Å². The lowest BCUT2D eigenvalue weighted by atomic mass is 10.1. The highest BCUT2D eigenvalue weighted by molar-refractivity contribution is 6.42. The van der Waals surface area contributed by atoms with Gasteiger partial charge in [-0.25, -0.2) is 0 Å². The van der Waals surface area contributed by atoms with E-state index in [1.165, 1.54) is 6.08 Å². The zero-order valence-electron chi connectivity index (χ0n) is 12.0. The SMILES string of the molecule is O=C(C=Cc1cc(-c2ccc(Cl)c(Cl)c2)n[nH]1)c1ccccc1. The number of rotatable bonds is 4. The average Bonchev–Trinajstić information content (AvgIpc) is 3.05. The number of aromatic nitrogens is 2. The second-order valence-corrected chi connectivity index (χ2v) is 5.72. The van der Waals surface area contributed by atoms with Gasteiger partial charge in [-0.15, -0.1) is 0 Å². The van der Waals surface area contributed by atoms with E-state index in [1.54, 1.807) is 30.3 Å². The number of hydrogen-bond acceptors (Lipinski definition) is 2. The molecule has 0 aliphatic carbocycles. The molecule has 0 fully saturated rings. The molecule has 23 heavy (non-hydrogen) atoms. The van der Waals surface area contributed by atoms with Gasteiger partial charge in [0.15, 0.2) is 5.78 Å². The highest BCUT2D eigenvalue weighted by Gasteiger charge is 2.06. The molecule has 0 saturated carbocycles. The van der Waals surface area contributed by atoms with Crippen LogP contribution in [0.2, 0.25) is 10.0 Å². The predicted octanol–water partition coefficient (Wildman–Crippen LogP) is 5.28.